The number of nitrogens with one attached hydrogen (secondary N) is 2. The van der Waals surface area contributed by atoms with Crippen LogP contribution in [-0.2, 0) is 11.0 Å². The third-order valence-electron chi connectivity index (χ3n) is 4.96. The number of pyridine rings is 1. The number of fused-ring (bicyclic) bond motifs is 1. The summed E-state index contributed by atoms with van der Waals surface area (Å²) in [7, 11) is 0. The van der Waals surface area contributed by atoms with Crippen molar-refractivity contribution in [2.45, 2.75) is 25.9 Å². The van der Waals surface area contributed by atoms with E-state index in [2.05, 4.69) is 20.3 Å². The van der Waals surface area contributed by atoms with Crippen molar-refractivity contribution < 1.29 is 18.0 Å². The number of alkyl halides is 3. The Balaban J connectivity index is 1.87. The number of imidazole rings is 1. The molecule has 5 nitrogen and oxygen atoms in total. The van der Waals surface area contributed by atoms with Crippen molar-refractivity contribution in [3.05, 3.63) is 77.1 Å². The van der Waals surface area contributed by atoms with E-state index in [4.69, 9.17) is 0 Å². The summed E-state index contributed by atoms with van der Waals surface area (Å²) in [5, 5.41) is 3.79. The summed E-state index contributed by atoms with van der Waals surface area (Å²) in [6, 6.07) is 10.1. The van der Waals surface area contributed by atoms with Gasteiger partial charge in [0.1, 0.15) is 11.6 Å². The van der Waals surface area contributed by atoms with Gasteiger partial charge in [-0.1, -0.05) is 30.4 Å². The zero-order valence-corrected chi connectivity index (χ0v) is 16.6. The van der Waals surface area contributed by atoms with Crippen LogP contribution in [-0.4, -0.2) is 20.9 Å². The Labute approximate surface area is 176 Å². The number of halogens is 3. The third kappa shape index (κ3) is 4.42. The van der Waals surface area contributed by atoms with Crippen molar-refractivity contribution >= 4 is 22.9 Å². The van der Waals surface area contributed by atoms with Crippen molar-refractivity contribution in [3.8, 4) is 11.4 Å². The number of anilines is 1. The van der Waals surface area contributed by atoms with Crippen molar-refractivity contribution in [2.75, 3.05) is 5.32 Å². The zero-order chi connectivity index (χ0) is 22.0. The second kappa shape index (κ2) is 8.22. The van der Waals surface area contributed by atoms with Crippen molar-refractivity contribution in [1.82, 2.24) is 15.0 Å². The summed E-state index contributed by atoms with van der Waals surface area (Å²) < 4.78 is 39.4. The van der Waals surface area contributed by atoms with E-state index in [0.29, 0.717) is 27.7 Å². The van der Waals surface area contributed by atoms with Gasteiger partial charge in [-0.15, -0.1) is 0 Å². The fraction of sp³-hybridized carbons (Fsp3) is 0.174. The summed E-state index contributed by atoms with van der Waals surface area (Å²) in [5.41, 5.74) is 0.816. The van der Waals surface area contributed by atoms with Gasteiger partial charge >= 0.3 is 6.18 Å². The molecule has 0 aliphatic heterocycles. The molecule has 1 aliphatic rings. The Morgan fingerprint density at radius 2 is 2.00 bits per heavy atom. The smallest absolute Gasteiger partial charge is 0.337 e. The number of nitrogens with zero attached hydrogens (tertiary/aromatic N) is 2. The molecule has 158 valence electrons. The lowest BCUT2D eigenvalue weighted by molar-refractivity contribution is -0.137. The maximum Gasteiger partial charge on any atom is 0.416 e. The largest absolute Gasteiger partial charge is 0.416 e. The number of carbonyl (C=O) groups excluding carboxylic acids is 1. The van der Waals surface area contributed by atoms with Gasteiger partial charge in [-0.3, -0.25) is 4.79 Å². The highest BCUT2D eigenvalue weighted by Crippen LogP contribution is 2.31. The molecular weight excluding hydrogens is 405 g/mol. The minimum atomic E-state index is -4.46. The van der Waals surface area contributed by atoms with Gasteiger partial charge in [-0.2, -0.15) is 13.2 Å². The van der Waals surface area contributed by atoms with E-state index >= 15 is 0 Å². The first-order valence-electron chi connectivity index (χ1n) is 9.69. The molecule has 0 saturated carbocycles. The van der Waals surface area contributed by atoms with Crippen LogP contribution in [0.25, 0.3) is 22.5 Å². The van der Waals surface area contributed by atoms with Gasteiger partial charge in [0.2, 0.25) is 0 Å². The van der Waals surface area contributed by atoms with E-state index in [0.717, 1.165) is 30.5 Å². The Morgan fingerprint density at radius 1 is 1.16 bits per heavy atom. The van der Waals surface area contributed by atoms with Crippen molar-refractivity contribution in [2.24, 2.45) is 0 Å². The topological polar surface area (TPSA) is 70.7 Å². The molecule has 2 N–H and O–H groups in total. The van der Waals surface area contributed by atoms with E-state index in [-0.39, 0.29) is 11.7 Å². The molecule has 2 heterocycles. The molecule has 1 aromatic carbocycles. The maximum absolute atomic E-state index is 13.1. The zero-order valence-electron chi connectivity index (χ0n) is 16.6. The molecule has 31 heavy (non-hydrogen) atoms. The molecule has 8 heteroatoms. The van der Waals surface area contributed by atoms with E-state index in [9.17, 15) is 18.0 Å². The predicted octanol–water partition coefficient (Wildman–Crippen LogP) is 3.80. The Bertz CT molecular complexity index is 1270. The lowest BCUT2D eigenvalue weighted by atomic mass is 10.1. The van der Waals surface area contributed by atoms with Crippen LogP contribution in [0.3, 0.4) is 0 Å². The summed E-state index contributed by atoms with van der Waals surface area (Å²) in [6.07, 6.45) is 2.16. The molecule has 1 amide bonds. The van der Waals surface area contributed by atoms with Gasteiger partial charge in [0.15, 0.2) is 0 Å². The number of rotatable bonds is 3. The molecule has 0 spiro atoms. The molecule has 0 unspecified atom stereocenters. The number of hydrogen-bond donors (Lipinski definition) is 2. The van der Waals surface area contributed by atoms with Crippen LogP contribution >= 0.6 is 0 Å². The standard InChI is InChI=1S/C23H19F3N4O/c1-14-7-2-3-10-17(22(31)28-18-11-4-5-12-27-18)20-19(14)29-21(30-20)15-8-6-9-16(13-15)23(24,25)26/h3-6,8-13H,2,7H2,1H3,(H,29,30)(H,27,28,31)/b10-3-,19-14?,20-17-. The first-order valence-corrected chi connectivity index (χ1v) is 9.69. The van der Waals surface area contributed by atoms with Crippen LogP contribution in [0.1, 0.15) is 25.3 Å². The number of hydrogen-bond acceptors (Lipinski definition) is 3. The normalized spacial score (nSPS) is 16.8. The highest BCUT2D eigenvalue weighted by Gasteiger charge is 2.30. The maximum atomic E-state index is 13.1. The number of aromatic amines is 1. The Morgan fingerprint density at radius 3 is 2.74 bits per heavy atom. The predicted molar refractivity (Wildman–Crippen MR) is 112 cm³/mol. The van der Waals surface area contributed by atoms with Crippen LogP contribution in [0, 0.1) is 0 Å². The highest BCUT2D eigenvalue weighted by molar-refractivity contribution is 6.22. The summed E-state index contributed by atoms with van der Waals surface area (Å²) in [5.74, 6) is 0.286. The molecular formula is C23H19F3N4O. The average molecular weight is 424 g/mol. The fourth-order valence-electron chi connectivity index (χ4n) is 3.37. The third-order valence-corrected chi connectivity index (χ3v) is 4.96. The Hall–Kier alpha value is -3.68. The molecule has 0 saturated heterocycles. The quantitative estimate of drug-likeness (QED) is 0.672. The minimum Gasteiger partial charge on any atom is -0.337 e. The summed E-state index contributed by atoms with van der Waals surface area (Å²) in [6.45, 7) is 1.91. The number of aromatic nitrogens is 3. The fourth-order valence-corrected chi connectivity index (χ4v) is 3.37. The molecule has 0 radical (unpaired) electrons. The van der Waals surface area contributed by atoms with E-state index in [1.165, 1.54) is 6.07 Å². The van der Waals surface area contributed by atoms with Crippen molar-refractivity contribution in [3.63, 3.8) is 0 Å². The first-order chi connectivity index (χ1) is 14.8. The van der Waals surface area contributed by atoms with Crippen LogP contribution in [0.5, 0.6) is 0 Å². The van der Waals surface area contributed by atoms with Crippen LogP contribution in [0.15, 0.2) is 60.8 Å². The first kappa shape index (κ1) is 20.6. The van der Waals surface area contributed by atoms with E-state index < -0.39 is 11.7 Å². The van der Waals surface area contributed by atoms with Gasteiger partial charge in [-0.25, -0.2) is 9.97 Å². The number of allylic oxidation sites excluding steroid dienone is 1. The monoisotopic (exact) mass is 424 g/mol. The second-order valence-corrected chi connectivity index (χ2v) is 7.19. The molecule has 0 fully saturated rings. The molecule has 0 bridgehead atoms. The summed E-state index contributed by atoms with van der Waals surface area (Å²) >= 11 is 0. The van der Waals surface area contributed by atoms with Gasteiger partial charge in [0.05, 0.1) is 21.8 Å². The van der Waals surface area contributed by atoms with Crippen LogP contribution < -0.4 is 16.0 Å². The van der Waals surface area contributed by atoms with Crippen LogP contribution in [0.4, 0.5) is 19.0 Å². The summed E-state index contributed by atoms with van der Waals surface area (Å²) in [4.78, 5) is 24.7. The SMILES string of the molecule is CC1=c2nc(-c3cccc(C(F)(F)F)c3)[nH]/c2=C(C(=O)Nc2ccccn2)/C=C\CC1. The van der Waals surface area contributed by atoms with Gasteiger partial charge in [0.25, 0.3) is 5.91 Å². The van der Waals surface area contributed by atoms with Gasteiger partial charge < -0.3 is 10.3 Å². The molecule has 3 aromatic rings. The van der Waals surface area contributed by atoms with E-state index in [1.807, 2.05) is 13.0 Å². The number of carbonyl (C=O) groups is 1. The minimum absolute atomic E-state index is 0.272. The molecule has 1 aliphatic carbocycles. The van der Waals surface area contributed by atoms with Gasteiger partial charge in [-0.05, 0) is 49.6 Å². The van der Waals surface area contributed by atoms with Crippen LogP contribution in [0.2, 0.25) is 0 Å². The Kier molecular flexibility index (Phi) is 5.46. The van der Waals surface area contributed by atoms with Gasteiger partial charge in [0, 0.05) is 11.8 Å². The lowest BCUT2D eigenvalue weighted by Gasteiger charge is -2.07. The number of benzene rings is 1. The van der Waals surface area contributed by atoms with E-state index in [1.54, 1.807) is 36.5 Å². The highest BCUT2D eigenvalue weighted by atomic mass is 19.4. The number of amides is 1. The molecule has 0 atom stereocenters. The van der Waals surface area contributed by atoms with Crippen molar-refractivity contribution in [1.29, 1.82) is 0 Å². The second-order valence-electron chi connectivity index (χ2n) is 7.19. The molecule has 4 rings (SSSR count). The lowest BCUT2D eigenvalue weighted by Crippen LogP contribution is -2.33. The molecule has 2 aromatic heterocycles. The average Bonchev–Trinajstić information content (AvgIpc) is 3.17. The number of H-pyrrole nitrogens is 1.